The van der Waals surface area contributed by atoms with Crippen LogP contribution in [0.1, 0.15) is 31.4 Å². The molecule has 2 amide bonds. The standard InChI is InChI=1S/C17H29N3O2/c1-17(2,9-10-21)13-19-16(22)18-11-14-7-5-6-8-15(14)12-20(3)4/h5-8,21H,9-13H2,1-4H3,(H2,18,19,22). The molecule has 0 fully saturated rings. The van der Waals surface area contributed by atoms with Gasteiger partial charge < -0.3 is 20.6 Å². The first-order valence-corrected chi connectivity index (χ1v) is 7.68. The van der Waals surface area contributed by atoms with E-state index in [0.29, 0.717) is 19.5 Å². The summed E-state index contributed by atoms with van der Waals surface area (Å²) < 4.78 is 0. The number of hydrogen-bond acceptors (Lipinski definition) is 3. The number of aliphatic hydroxyl groups is 1. The zero-order chi connectivity index (χ0) is 16.6. The van der Waals surface area contributed by atoms with Crippen LogP contribution < -0.4 is 10.6 Å². The van der Waals surface area contributed by atoms with E-state index < -0.39 is 0 Å². The Balaban J connectivity index is 2.47. The quantitative estimate of drug-likeness (QED) is 0.688. The number of aliphatic hydroxyl groups excluding tert-OH is 1. The molecule has 5 nitrogen and oxygen atoms in total. The molecule has 0 aliphatic carbocycles. The summed E-state index contributed by atoms with van der Waals surface area (Å²) in [7, 11) is 4.06. The highest BCUT2D eigenvalue weighted by molar-refractivity contribution is 5.73. The third kappa shape index (κ3) is 6.91. The van der Waals surface area contributed by atoms with Crippen LogP contribution in [0.5, 0.6) is 0 Å². The topological polar surface area (TPSA) is 64.6 Å². The van der Waals surface area contributed by atoms with Crippen LogP contribution in [0.25, 0.3) is 0 Å². The Hall–Kier alpha value is -1.59. The fraction of sp³-hybridized carbons (Fsp3) is 0.588. The predicted octanol–water partition coefficient (Wildman–Crippen LogP) is 1.96. The summed E-state index contributed by atoms with van der Waals surface area (Å²) in [6, 6.07) is 7.94. The van der Waals surface area contributed by atoms with E-state index in [4.69, 9.17) is 5.11 Å². The number of carbonyl (C=O) groups is 1. The van der Waals surface area contributed by atoms with Gasteiger partial charge in [0, 0.05) is 26.2 Å². The molecule has 0 aliphatic heterocycles. The molecule has 0 atom stereocenters. The number of urea groups is 1. The lowest BCUT2D eigenvalue weighted by atomic mass is 9.90. The van der Waals surface area contributed by atoms with Crippen LogP contribution in [0.3, 0.4) is 0 Å². The number of hydrogen-bond donors (Lipinski definition) is 3. The summed E-state index contributed by atoms with van der Waals surface area (Å²) in [6.07, 6.45) is 0.666. The first-order chi connectivity index (χ1) is 10.3. The Labute approximate surface area is 133 Å². The maximum Gasteiger partial charge on any atom is 0.315 e. The van der Waals surface area contributed by atoms with Crippen molar-refractivity contribution in [2.45, 2.75) is 33.4 Å². The average Bonchev–Trinajstić information content (AvgIpc) is 2.43. The first kappa shape index (κ1) is 18.5. The van der Waals surface area contributed by atoms with Gasteiger partial charge in [-0.3, -0.25) is 0 Å². The summed E-state index contributed by atoms with van der Waals surface area (Å²) >= 11 is 0. The predicted molar refractivity (Wildman–Crippen MR) is 89.6 cm³/mol. The van der Waals surface area contributed by atoms with E-state index >= 15 is 0 Å². The minimum Gasteiger partial charge on any atom is -0.396 e. The van der Waals surface area contributed by atoms with Gasteiger partial charge >= 0.3 is 6.03 Å². The molecule has 1 aromatic carbocycles. The van der Waals surface area contributed by atoms with Gasteiger partial charge in [-0.1, -0.05) is 38.1 Å². The lowest BCUT2D eigenvalue weighted by Crippen LogP contribution is -2.40. The molecule has 1 rings (SSSR count). The molecule has 3 N–H and O–H groups in total. The minimum atomic E-state index is -0.175. The molecule has 0 spiro atoms. The molecule has 0 bridgehead atoms. The van der Waals surface area contributed by atoms with Crippen molar-refractivity contribution in [3.05, 3.63) is 35.4 Å². The van der Waals surface area contributed by atoms with Crippen molar-refractivity contribution in [2.24, 2.45) is 5.41 Å². The van der Waals surface area contributed by atoms with Crippen molar-refractivity contribution < 1.29 is 9.90 Å². The van der Waals surface area contributed by atoms with E-state index in [0.717, 1.165) is 12.1 Å². The van der Waals surface area contributed by atoms with E-state index in [2.05, 4.69) is 21.6 Å². The van der Waals surface area contributed by atoms with Gasteiger partial charge in [-0.05, 0) is 37.1 Å². The van der Waals surface area contributed by atoms with Crippen molar-refractivity contribution in [2.75, 3.05) is 27.2 Å². The normalized spacial score (nSPS) is 11.5. The Bertz CT molecular complexity index is 473. The zero-order valence-electron chi connectivity index (χ0n) is 14.1. The van der Waals surface area contributed by atoms with E-state index in [1.54, 1.807) is 0 Å². The smallest absolute Gasteiger partial charge is 0.315 e. The lowest BCUT2D eigenvalue weighted by molar-refractivity contribution is 0.201. The van der Waals surface area contributed by atoms with Crippen molar-refractivity contribution in [1.29, 1.82) is 0 Å². The van der Waals surface area contributed by atoms with E-state index in [-0.39, 0.29) is 18.1 Å². The fourth-order valence-corrected chi connectivity index (χ4v) is 2.17. The van der Waals surface area contributed by atoms with Crippen LogP contribution in [0, 0.1) is 5.41 Å². The Morgan fingerprint density at radius 2 is 1.82 bits per heavy atom. The zero-order valence-corrected chi connectivity index (χ0v) is 14.1. The average molecular weight is 307 g/mol. The SMILES string of the molecule is CN(C)Cc1ccccc1CNC(=O)NCC(C)(C)CCO. The Kier molecular flexibility index (Phi) is 7.35. The third-order valence-corrected chi connectivity index (χ3v) is 3.56. The third-order valence-electron chi connectivity index (χ3n) is 3.56. The van der Waals surface area contributed by atoms with Crippen LogP contribution in [0.2, 0.25) is 0 Å². The van der Waals surface area contributed by atoms with Gasteiger partial charge in [0.05, 0.1) is 0 Å². The Morgan fingerprint density at radius 3 is 2.41 bits per heavy atom. The molecule has 0 unspecified atom stereocenters. The molecule has 1 aromatic rings. The second-order valence-electron chi connectivity index (χ2n) is 6.68. The number of rotatable bonds is 8. The van der Waals surface area contributed by atoms with E-state index in [1.807, 2.05) is 46.1 Å². The van der Waals surface area contributed by atoms with Gasteiger partial charge in [0.2, 0.25) is 0 Å². The van der Waals surface area contributed by atoms with Crippen LogP contribution >= 0.6 is 0 Å². The summed E-state index contributed by atoms with van der Waals surface area (Å²) in [6.45, 7) is 6.08. The minimum absolute atomic E-state index is 0.102. The molecule has 0 saturated carbocycles. The monoisotopic (exact) mass is 307 g/mol. The van der Waals surface area contributed by atoms with Gasteiger partial charge in [0.15, 0.2) is 0 Å². The van der Waals surface area contributed by atoms with Crippen molar-refractivity contribution in [3.63, 3.8) is 0 Å². The number of carbonyl (C=O) groups excluding carboxylic acids is 1. The van der Waals surface area contributed by atoms with Crippen LogP contribution in [0.4, 0.5) is 4.79 Å². The summed E-state index contributed by atoms with van der Waals surface area (Å²) in [5.41, 5.74) is 2.24. The number of nitrogens with zero attached hydrogens (tertiary/aromatic N) is 1. The van der Waals surface area contributed by atoms with Crippen LogP contribution in [0.15, 0.2) is 24.3 Å². The number of amides is 2. The van der Waals surface area contributed by atoms with Crippen molar-refractivity contribution >= 4 is 6.03 Å². The second kappa shape index (κ2) is 8.76. The van der Waals surface area contributed by atoms with E-state index in [9.17, 15) is 4.79 Å². The second-order valence-corrected chi connectivity index (χ2v) is 6.68. The van der Waals surface area contributed by atoms with Crippen molar-refractivity contribution in [3.8, 4) is 0 Å². The lowest BCUT2D eigenvalue weighted by Gasteiger charge is -2.24. The first-order valence-electron chi connectivity index (χ1n) is 7.68. The molecule has 0 saturated heterocycles. The molecule has 22 heavy (non-hydrogen) atoms. The maximum atomic E-state index is 11.9. The van der Waals surface area contributed by atoms with Gasteiger partial charge in [0.25, 0.3) is 0 Å². The van der Waals surface area contributed by atoms with Crippen LogP contribution in [-0.2, 0) is 13.1 Å². The van der Waals surface area contributed by atoms with Crippen LogP contribution in [-0.4, -0.2) is 43.3 Å². The summed E-state index contributed by atoms with van der Waals surface area (Å²) in [5.74, 6) is 0. The van der Waals surface area contributed by atoms with Gasteiger partial charge in [-0.2, -0.15) is 0 Å². The molecule has 5 heteroatoms. The van der Waals surface area contributed by atoms with Crippen molar-refractivity contribution in [1.82, 2.24) is 15.5 Å². The maximum absolute atomic E-state index is 11.9. The highest BCUT2D eigenvalue weighted by Crippen LogP contribution is 2.17. The Morgan fingerprint density at radius 1 is 1.18 bits per heavy atom. The molecule has 124 valence electrons. The number of nitrogens with one attached hydrogen (secondary N) is 2. The van der Waals surface area contributed by atoms with Gasteiger partial charge in [-0.15, -0.1) is 0 Å². The molecule has 0 radical (unpaired) electrons. The molecular weight excluding hydrogens is 278 g/mol. The molecular formula is C17H29N3O2. The van der Waals surface area contributed by atoms with Gasteiger partial charge in [-0.25, -0.2) is 4.79 Å². The highest BCUT2D eigenvalue weighted by atomic mass is 16.3. The summed E-state index contributed by atoms with van der Waals surface area (Å²) in [4.78, 5) is 14.0. The van der Waals surface area contributed by atoms with Gasteiger partial charge in [0.1, 0.15) is 0 Å². The summed E-state index contributed by atoms with van der Waals surface area (Å²) in [5, 5.41) is 14.8. The molecule has 0 aromatic heterocycles. The largest absolute Gasteiger partial charge is 0.396 e. The molecule has 0 aliphatic rings. The fourth-order valence-electron chi connectivity index (χ4n) is 2.17. The molecule has 0 heterocycles. The number of benzene rings is 1. The highest BCUT2D eigenvalue weighted by Gasteiger charge is 2.18. The van der Waals surface area contributed by atoms with E-state index in [1.165, 1.54) is 5.56 Å².